The molecule has 0 saturated carbocycles. The van der Waals surface area contributed by atoms with Gasteiger partial charge in [-0.3, -0.25) is 4.31 Å². The van der Waals surface area contributed by atoms with Crippen LogP contribution < -0.4 is 20.9 Å². The molecule has 2 aliphatic heterocycles. The van der Waals surface area contributed by atoms with Gasteiger partial charge in [-0.1, -0.05) is 6.92 Å². The van der Waals surface area contributed by atoms with Crippen LogP contribution >= 0.6 is 11.9 Å². The summed E-state index contributed by atoms with van der Waals surface area (Å²) >= 11 is 1.46. The predicted molar refractivity (Wildman–Crippen MR) is 125 cm³/mol. The van der Waals surface area contributed by atoms with Gasteiger partial charge in [0, 0.05) is 64.2 Å². The molecule has 1 aromatic heterocycles. The van der Waals surface area contributed by atoms with Crippen molar-refractivity contribution >= 4 is 35.6 Å². The van der Waals surface area contributed by atoms with Gasteiger partial charge in [-0.25, -0.2) is 4.79 Å². The molecule has 0 aliphatic carbocycles. The number of amides is 2. The van der Waals surface area contributed by atoms with E-state index in [9.17, 15) is 4.79 Å². The van der Waals surface area contributed by atoms with Gasteiger partial charge in [0.15, 0.2) is 0 Å². The monoisotopic (exact) mass is 436 g/mol. The number of rotatable bonds is 11. The van der Waals surface area contributed by atoms with Gasteiger partial charge >= 0.3 is 6.03 Å². The highest BCUT2D eigenvalue weighted by atomic mass is 32.2. The number of urea groups is 1. The zero-order valence-electron chi connectivity index (χ0n) is 18.3. The number of carbonyl (C=O) groups is 1. The number of nitrogens with one attached hydrogen (secondary N) is 1. The Morgan fingerprint density at radius 1 is 1.10 bits per heavy atom. The Balaban J connectivity index is 1.54. The quantitative estimate of drug-likeness (QED) is 0.509. The molecular formula is C20H36N8OS. The number of nitrogens with zero attached hydrogens (tertiary/aromatic N) is 6. The van der Waals surface area contributed by atoms with E-state index in [1.807, 2.05) is 6.92 Å². The van der Waals surface area contributed by atoms with Crippen LogP contribution in [0.3, 0.4) is 0 Å². The smallest absolute Gasteiger partial charge is 0.324 e. The van der Waals surface area contributed by atoms with Crippen molar-refractivity contribution in [3.63, 3.8) is 0 Å². The summed E-state index contributed by atoms with van der Waals surface area (Å²) in [5.74, 6) is 3.61. The number of carbonyl (C=O) groups excluding carboxylic acids is 1. The molecule has 2 fully saturated rings. The van der Waals surface area contributed by atoms with Gasteiger partial charge in [-0.2, -0.15) is 9.97 Å². The lowest BCUT2D eigenvalue weighted by Gasteiger charge is -2.24. The molecule has 1 aromatic rings. The first kappa shape index (κ1) is 22.7. The average molecular weight is 437 g/mol. The Hall–Kier alpha value is -1.94. The lowest BCUT2D eigenvalue weighted by molar-refractivity contribution is 0.230. The van der Waals surface area contributed by atoms with Crippen LogP contribution in [0.1, 0.15) is 32.6 Å². The third-order valence-electron chi connectivity index (χ3n) is 5.53. The van der Waals surface area contributed by atoms with Gasteiger partial charge in [0.1, 0.15) is 11.6 Å². The maximum Gasteiger partial charge on any atom is 0.324 e. The number of aromatic nitrogens is 2. The second kappa shape index (κ2) is 11.5. The first-order valence-electron chi connectivity index (χ1n) is 11.1. The van der Waals surface area contributed by atoms with Gasteiger partial charge < -0.3 is 25.8 Å². The van der Waals surface area contributed by atoms with E-state index in [1.165, 1.54) is 37.6 Å². The van der Waals surface area contributed by atoms with Crippen LogP contribution in [0.15, 0.2) is 6.07 Å². The fourth-order valence-electron chi connectivity index (χ4n) is 3.82. The maximum atomic E-state index is 11.5. The number of anilines is 3. The minimum Gasteiger partial charge on any atom is -0.369 e. The Kier molecular flexibility index (Phi) is 8.68. The molecule has 9 nitrogen and oxygen atoms in total. The summed E-state index contributed by atoms with van der Waals surface area (Å²) in [5, 5.41) is 3.48. The first-order valence-corrected chi connectivity index (χ1v) is 12.0. The summed E-state index contributed by atoms with van der Waals surface area (Å²) < 4.78 is 1.62. The summed E-state index contributed by atoms with van der Waals surface area (Å²) in [4.78, 5) is 28.0. The Morgan fingerprint density at radius 2 is 1.77 bits per heavy atom. The molecule has 2 saturated heterocycles. The second-order valence-electron chi connectivity index (χ2n) is 7.89. The summed E-state index contributed by atoms with van der Waals surface area (Å²) in [5.41, 5.74) is 5.43. The van der Waals surface area contributed by atoms with Crippen LogP contribution in [0.5, 0.6) is 0 Å². The lowest BCUT2D eigenvalue weighted by atomic mass is 10.4. The Labute approximate surface area is 184 Å². The fraction of sp³-hybridized carbons (Fsp3) is 0.750. The first-order chi connectivity index (χ1) is 14.6. The van der Waals surface area contributed by atoms with E-state index < -0.39 is 0 Å². The van der Waals surface area contributed by atoms with E-state index in [0.29, 0.717) is 6.54 Å². The van der Waals surface area contributed by atoms with Crippen LogP contribution in [0.2, 0.25) is 0 Å². The fourth-order valence-corrected chi connectivity index (χ4v) is 4.47. The van der Waals surface area contributed by atoms with E-state index in [1.54, 1.807) is 4.31 Å². The van der Waals surface area contributed by atoms with Gasteiger partial charge in [-0.15, -0.1) is 0 Å². The SMILES string of the molecule is CCSN(CCN(C)CCNc1cc(N2CCCC2)nc(N2CCCC2)n1)C(N)=O. The van der Waals surface area contributed by atoms with Crippen LogP contribution in [-0.2, 0) is 0 Å². The number of primary amides is 1. The maximum absolute atomic E-state index is 11.5. The molecule has 2 amide bonds. The van der Waals surface area contributed by atoms with Crippen LogP contribution in [0.4, 0.5) is 22.4 Å². The van der Waals surface area contributed by atoms with Crippen molar-refractivity contribution in [2.75, 3.05) is 80.3 Å². The number of nitrogens with two attached hydrogens (primary N) is 1. The van der Waals surface area contributed by atoms with E-state index in [0.717, 1.165) is 69.2 Å². The molecule has 0 bridgehead atoms. The number of likely N-dealkylation sites (N-methyl/N-ethyl adjacent to an activating group) is 1. The topological polar surface area (TPSA) is 93.9 Å². The average Bonchev–Trinajstić information content (AvgIpc) is 3.45. The third-order valence-corrected chi connectivity index (χ3v) is 6.47. The van der Waals surface area contributed by atoms with Crippen molar-refractivity contribution in [3.8, 4) is 0 Å². The molecule has 0 aromatic carbocycles. The molecule has 0 unspecified atom stereocenters. The largest absolute Gasteiger partial charge is 0.369 e. The van der Waals surface area contributed by atoms with E-state index >= 15 is 0 Å². The molecule has 2 aliphatic rings. The van der Waals surface area contributed by atoms with E-state index in [-0.39, 0.29) is 6.03 Å². The van der Waals surface area contributed by atoms with Crippen molar-refractivity contribution in [1.82, 2.24) is 19.2 Å². The highest BCUT2D eigenvalue weighted by Crippen LogP contribution is 2.25. The second-order valence-corrected chi connectivity index (χ2v) is 9.16. The molecule has 10 heteroatoms. The molecule has 3 rings (SSSR count). The van der Waals surface area contributed by atoms with Gasteiger partial charge in [0.05, 0.1) is 0 Å². The van der Waals surface area contributed by atoms with E-state index in [4.69, 9.17) is 15.7 Å². The zero-order chi connectivity index (χ0) is 21.3. The molecule has 168 valence electrons. The van der Waals surface area contributed by atoms with Gasteiger partial charge in [0.2, 0.25) is 5.95 Å². The lowest BCUT2D eigenvalue weighted by Crippen LogP contribution is -2.37. The van der Waals surface area contributed by atoms with Crippen molar-refractivity contribution in [1.29, 1.82) is 0 Å². The van der Waals surface area contributed by atoms with Crippen molar-refractivity contribution in [2.45, 2.75) is 32.6 Å². The molecular weight excluding hydrogens is 400 g/mol. The molecule has 0 atom stereocenters. The minimum atomic E-state index is -0.377. The molecule has 30 heavy (non-hydrogen) atoms. The normalized spacial score (nSPS) is 16.5. The summed E-state index contributed by atoms with van der Waals surface area (Å²) in [6, 6.07) is 1.70. The molecule has 0 spiro atoms. The third kappa shape index (κ3) is 6.53. The van der Waals surface area contributed by atoms with Gasteiger partial charge in [0.25, 0.3) is 0 Å². The van der Waals surface area contributed by atoms with Crippen molar-refractivity contribution in [3.05, 3.63) is 6.07 Å². The van der Waals surface area contributed by atoms with Crippen molar-refractivity contribution < 1.29 is 4.79 Å². The molecule has 3 heterocycles. The molecule has 0 radical (unpaired) electrons. The van der Waals surface area contributed by atoms with Crippen LogP contribution in [-0.4, -0.2) is 90.4 Å². The highest BCUT2D eigenvalue weighted by Gasteiger charge is 2.20. The summed E-state index contributed by atoms with van der Waals surface area (Å²) in [6.45, 7) is 9.28. The standard InChI is InChI=1S/C20H36N8OS/c1-3-30-28(19(21)29)15-14-25(2)13-8-22-17-16-18(26-9-4-5-10-26)24-20(23-17)27-11-6-7-12-27/h16H,3-15H2,1-2H3,(H2,21,29)(H,22,23,24). The Morgan fingerprint density at radius 3 is 2.40 bits per heavy atom. The zero-order valence-corrected chi connectivity index (χ0v) is 19.2. The van der Waals surface area contributed by atoms with Crippen LogP contribution in [0.25, 0.3) is 0 Å². The summed E-state index contributed by atoms with van der Waals surface area (Å²) in [7, 11) is 2.06. The predicted octanol–water partition coefficient (Wildman–Crippen LogP) is 2.07. The number of hydrogen-bond acceptors (Lipinski definition) is 8. The van der Waals surface area contributed by atoms with Crippen LogP contribution in [0, 0.1) is 0 Å². The van der Waals surface area contributed by atoms with E-state index in [2.05, 4.69) is 33.1 Å². The molecule has 3 N–H and O–H groups in total. The number of hydrogen-bond donors (Lipinski definition) is 2. The van der Waals surface area contributed by atoms with Gasteiger partial charge in [-0.05, 0) is 44.7 Å². The minimum absolute atomic E-state index is 0.377. The highest BCUT2D eigenvalue weighted by molar-refractivity contribution is 7.97. The Bertz CT molecular complexity index is 645. The summed E-state index contributed by atoms with van der Waals surface area (Å²) in [6.07, 6.45) is 4.89. The van der Waals surface area contributed by atoms with Crippen molar-refractivity contribution in [2.24, 2.45) is 5.73 Å².